The minimum Gasteiger partial charge on any atom is -0.398 e. The summed E-state index contributed by atoms with van der Waals surface area (Å²) >= 11 is 6.01. The average molecular weight is 275 g/mol. The Morgan fingerprint density at radius 2 is 1.79 bits per heavy atom. The molecule has 2 aromatic rings. The average Bonchev–Trinajstić information content (AvgIpc) is 2.37. The van der Waals surface area contributed by atoms with Crippen molar-refractivity contribution in [1.82, 2.24) is 0 Å². The van der Waals surface area contributed by atoms with Gasteiger partial charge in [0.05, 0.1) is 0 Å². The zero-order chi connectivity index (χ0) is 14.0. The van der Waals surface area contributed by atoms with E-state index in [4.69, 9.17) is 17.3 Å². The van der Waals surface area contributed by atoms with Crippen LogP contribution in [-0.4, -0.2) is 5.91 Å². The van der Waals surface area contributed by atoms with Crippen LogP contribution < -0.4 is 11.1 Å². The van der Waals surface area contributed by atoms with E-state index in [-0.39, 0.29) is 5.91 Å². The van der Waals surface area contributed by atoms with Crippen LogP contribution in [0.4, 0.5) is 11.4 Å². The van der Waals surface area contributed by atoms with Crippen LogP contribution in [0.15, 0.2) is 36.4 Å². The fourth-order valence-corrected chi connectivity index (χ4v) is 1.84. The largest absolute Gasteiger partial charge is 0.398 e. The molecule has 98 valence electrons. The van der Waals surface area contributed by atoms with Crippen molar-refractivity contribution in [2.45, 2.75) is 13.8 Å². The first-order valence-electron chi connectivity index (χ1n) is 5.91. The number of aryl methyl sites for hydroxylation is 2. The van der Waals surface area contributed by atoms with E-state index in [0.717, 1.165) is 11.1 Å². The molecule has 0 aromatic heterocycles. The van der Waals surface area contributed by atoms with Crippen LogP contribution in [0.5, 0.6) is 0 Å². The van der Waals surface area contributed by atoms with Crippen molar-refractivity contribution in [2.24, 2.45) is 0 Å². The molecular weight excluding hydrogens is 260 g/mol. The fraction of sp³-hybridized carbons (Fsp3) is 0.133. The second kappa shape index (κ2) is 5.33. The van der Waals surface area contributed by atoms with Crippen LogP contribution in [0.3, 0.4) is 0 Å². The summed E-state index contributed by atoms with van der Waals surface area (Å²) in [4.78, 5) is 12.1. The number of nitrogens with two attached hydrogens (primary N) is 1. The molecule has 2 rings (SSSR count). The van der Waals surface area contributed by atoms with E-state index in [0.29, 0.717) is 22.0 Å². The van der Waals surface area contributed by atoms with Crippen LogP contribution in [0, 0.1) is 13.8 Å². The molecule has 0 atom stereocenters. The highest BCUT2D eigenvalue weighted by Gasteiger charge is 2.08. The number of hydrogen-bond acceptors (Lipinski definition) is 2. The van der Waals surface area contributed by atoms with Gasteiger partial charge in [-0.25, -0.2) is 0 Å². The van der Waals surface area contributed by atoms with E-state index in [2.05, 4.69) is 5.32 Å². The number of nitrogens with one attached hydrogen (secondary N) is 1. The van der Waals surface area contributed by atoms with E-state index >= 15 is 0 Å². The molecule has 0 saturated carbocycles. The van der Waals surface area contributed by atoms with Gasteiger partial charge in [0.25, 0.3) is 5.91 Å². The van der Waals surface area contributed by atoms with Gasteiger partial charge in [-0.2, -0.15) is 0 Å². The van der Waals surface area contributed by atoms with Gasteiger partial charge in [-0.15, -0.1) is 0 Å². The number of rotatable bonds is 2. The van der Waals surface area contributed by atoms with Gasteiger partial charge in [-0.1, -0.05) is 23.7 Å². The number of hydrogen-bond donors (Lipinski definition) is 2. The standard InChI is InChI=1S/C15H15ClN2O/c1-9-3-5-11(7-13(9)16)15(19)18-12-6-4-10(2)14(17)8-12/h3-8H,17H2,1-2H3,(H,18,19). The summed E-state index contributed by atoms with van der Waals surface area (Å²) in [5.74, 6) is -0.204. The maximum absolute atomic E-state index is 12.1. The SMILES string of the molecule is Cc1ccc(NC(=O)c2ccc(C)c(Cl)c2)cc1N. The molecule has 0 saturated heterocycles. The Kier molecular flexibility index (Phi) is 3.76. The molecule has 0 aliphatic heterocycles. The summed E-state index contributed by atoms with van der Waals surface area (Å²) in [6, 6.07) is 10.6. The first-order valence-corrected chi connectivity index (χ1v) is 6.29. The van der Waals surface area contributed by atoms with Crippen molar-refractivity contribution in [3.63, 3.8) is 0 Å². The van der Waals surface area contributed by atoms with Gasteiger partial charge in [0, 0.05) is 22.0 Å². The normalized spacial score (nSPS) is 10.3. The zero-order valence-corrected chi connectivity index (χ0v) is 11.6. The molecule has 3 N–H and O–H groups in total. The molecule has 0 unspecified atom stereocenters. The first-order chi connectivity index (χ1) is 8.97. The Morgan fingerprint density at radius 1 is 1.11 bits per heavy atom. The summed E-state index contributed by atoms with van der Waals surface area (Å²) in [6.07, 6.45) is 0. The molecule has 1 amide bonds. The molecule has 0 fully saturated rings. The Labute approximate surface area is 117 Å². The highest BCUT2D eigenvalue weighted by molar-refractivity contribution is 6.31. The van der Waals surface area contributed by atoms with E-state index in [1.165, 1.54) is 0 Å². The molecule has 0 aliphatic rings. The first kappa shape index (κ1) is 13.4. The van der Waals surface area contributed by atoms with Crippen molar-refractivity contribution in [1.29, 1.82) is 0 Å². The van der Waals surface area contributed by atoms with E-state index in [1.807, 2.05) is 32.0 Å². The number of benzene rings is 2. The smallest absolute Gasteiger partial charge is 0.255 e. The Hall–Kier alpha value is -2.00. The highest BCUT2D eigenvalue weighted by atomic mass is 35.5. The lowest BCUT2D eigenvalue weighted by atomic mass is 10.1. The quantitative estimate of drug-likeness (QED) is 0.819. The van der Waals surface area contributed by atoms with Crippen molar-refractivity contribution in [2.75, 3.05) is 11.1 Å². The van der Waals surface area contributed by atoms with Crippen LogP contribution in [0.25, 0.3) is 0 Å². The lowest BCUT2D eigenvalue weighted by molar-refractivity contribution is 0.102. The molecule has 3 nitrogen and oxygen atoms in total. The third-order valence-electron chi connectivity index (χ3n) is 2.97. The van der Waals surface area contributed by atoms with Crippen molar-refractivity contribution in [3.05, 3.63) is 58.1 Å². The molecule has 4 heteroatoms. The Bertz CT molecular complexity index is 638. The number of carbonyl (C=O) groups excluding carboxylic acids is 1. The maximum atomic E-state index is 12.1. The van der Waals surface area contributed by atoms with Crippen molar-refractivity contribution in [3.8, 4) is 0 Å². The topological polar surface area (TPSA) is 55.1 Å². The summed E-state index contributed by atoms with van der Waals surface area (Å²) in [5.41, 5.74) is 9.58. The number of nitrogen functional groups attached to an aromatic ring is 1. The molecule has 19 heavy (non-hydrogen) atoms. The number of carbonyl (C=O) groups is 1. The molecule has 0 heterocycles. The number of halogens is 1. The van der Waals surface area contributed by atoms with Crippen LogP contribution in [0.2, 0.25) is 5.02 Å². The minimum atomic E-state index is -0.204. The lowest BCUT2D eigenvalue weighted by Gasteiger charge is -2.08. The molecule has 0 aliphatic carbocycles. The van der Waals surface area contributed by atoms with Gasteiger partial charge >= 0.3 is 0 Å². The molecule has 0 radical (unpaired) electrons. The van der Waals surface area contributed by atoms with Gasteiger partial charge in [-0.05, 0) is 49.2 Å². The summed E-state index contributed by atoms with van der Waals surface area (Å²) in [6.45, 7) is 3.81. The predicted octanol–water partition coefficient (Wildman–Crippen LogP) is 3.79. The van der Waals surface area contributed by atoms with E-state index < -0.39 is 0 Å². The number of anilines is 2. The Balaban J connectivity index is 2.20. The predicted molar refractivity (Wildman–Crippen MR) is 79.7 cm³/mol. The molecular formula is C15H15ClN2O. The minimum absolute atomic E-state index is 0.204. The monoisotopic (exact) mass is 274 g/mol. The van der Waals surface area contributed by atoms with E-state index in [9.17, 15) is 4.79 Å². The van der Waals surface area contributed by atoms with Gasteiger partial charge in [-0.3, -0.25) is 4.79 Å². The van der Waals surface area contributed by atoms with Crippen LogP contribution >= 0.6 is 11.6 Å². The van der Waals surface area contributed by atoms with Crippen molar-refractivity contribution >= 4 is 28.9 Å². The van der Waals surface area contributed by atoms with Crippen LogP contribution in [0.1, 0.15) is 21.5 Å². The third-order valence-corrected chi connectivity index (χ3v) is 3.38. The number of amides is 1. The second-order valence-corrected chi connectivity index (χ2v) is 4.90. The summed E-state index contributed by atoms with van der Waals surface area (Å²) < 4.78 is 0. The maximum Gasteiger partial charge on any atom is 0.255 e. The highest BCUT2D eigenvalue weighted by Crippen LogP contribution is 2.20. The molecule has 0 bridgehead atoms. The van der Waals surface area contributed by atoms with Gasteiger partial charge < -0.3 is 11.1 Å². The van der Waals surface area contributed by atoms with Gasteiger partial charge in [0.15, 0.2) is 0 Å². The molecule has 0 spiro atoms. The van der Waals surface area contributed by atoms with Gasteiger partial charge in [0.2, 0.25) is 0 Å². The zero-order valence-electron chi connectivity index (χ0n) is 10.8. The molecule has 2 aromatic carbocycles. The van der Waals surface area contributed by atoms with E-state index in [1.54, 1.807) is 18.2 Å². The summed E-state index contributed by atoms with van der Waals surface area (Å²) in [7, 11) is 0. The summed E-state index contributed by atoms with van der Waals surface area (Å²) in [5, 5.41) is 3.38. The second-order valence-electron chi connectivity index (χ2n) is 4.49. The van der Waals surface area contributed by atoms with Crippen molar-refractivity contribution < 1.29 is 4.79 Å². The fourth-order valence-electron chi connectivity index (χ4n) is 1.66. The van der Waals surface area contributed by atoms with Gasteiger partial charge in [0.1, 0.15) is 0 Å². The van der Waals surface area contributed by atoms with Crippen LogP contribution in [-0.2, 0) is 0 Å². The Morgan fingerprint density at radius 3 is 2.42 bits per heavy atom. The third kappa shape index (κ3) is 3.06. The lowest BCUT2D eigenvalue weighted by Crippen LogP contribution is -2.12.